The molecule has 1 fully saturated rings. The summed E-state index contributed by atoms with van der Waals surface area (Å²) >= 11 is 0. The fourth-order valence-corrected chi connectivity index (χ4v) is 2.45. The molecular formula is C12H17Cl2N3. The van der Waals surface area contributed by atoms with Crippen LogP contribution in [0.1, 0.15) is 24.3 Å². The zero-order valence-corrected chi connectivity index (χ0v) is 11.1. The highest BCUT2D eigenvalue weighted by molar-refractivity contribution is 5.85. The minimum atomic E-state index is 0. The van der Waals surface area contributed by atoms with Gasteiger partial charge in [-0.15, -0.1) is 24.8 Å². The summed E-state index contributed by atoms with van der Waals surface area (Å²) < 4.78 is 0. The van der Waals surface area contributed by atoms with Gasteiger partial charge in [0.2, 0.25) is 0 Å². The van der Waals surface area contributed by atoms with Gasteiger partial charge in [-0.25, -0.2) is 4.98 Å². The van der Waals surface area contributed by atoms with E-state index in [2.05, 4.69) is 27.5 Å². The number of aromatic amines is 1. The number of H-pyrrole nitrogens is 1. The Bertz CT molecular complexity index is 463. The third-order valence-corrected chi connectivity index (χ3v) is 3.26. The fraction of sp³-hybridized carbons (Fsp3) is 0.417. The first-order valence-corrected chi connectivity index (χ1v) is 5.58. The van der Waals surface area contributed by atoms with Gasteiger partial charge < -0.3 is 10.3 Å². The first-order valence-electron chi connectivity index (χ1n) is 5.58. The second kappa shape index (κ2) is 6.24. The van der Waals surface area contributed by atoms with Gasteiger partial charge in [-0.2, -0.15) is 0 Å². The topological polar surface area (TPSA) is 40.7 Å². The molecule has 0 unspecified atom stereocenters. The lowest BCUT2D eigenvalue weighted by molar-refractivity contribution is 0.462. The fourth-order valence-electron chi connectivity index (χ4n) is 2.45. The Balaban J connectivity index is 0.000000722. The summed E-state index contributed by atoms with van der Waals surface area (Å²) in [5, 5.41) is 4.69. The van der Waals surface area contributed by atoms with Crippen LogP contribution in [0, 0.1) is 0 Å². The van der Waals surface area contributed by atoms with E-state index in [0.717, 1.165) is 18.7 Å². The lowest BCUT2D eigenvalue weighted by atomic mass is 9.90. The summed E-state index contributed by atoms with van der Waals surface area (Å²) in [4.78, 5) is 7.58. The lowest BCUT2D eigenvalue weighted by Gasteiger charge is -2.22. The standard InChI is InChI=1S/C12H15N3.2ClH/c1-2-10-11(8-15-12(10)14-5-1)9-3-6-13-7-4-9;;/h1-2,5,8-9,13H,3-4,6-7H2,(H,14,15);2*1H. The quantitative estimate of drug-likeness (QED) is 0.839. The molecule has 0 atom stereocenters. The highest BCUT2D eigenvalue weighted by Gasteiger charge is 2.18. The molecule has 0 aromatic carbocycles. The van der Waals surface area contributed by atoms with Crippen molar-refractivity contribution in [2.24, 2.45) is 0 Å². The van der Waals surface area contributed by atoms with Gasteiger partial charge in [-0.1, -0.05) is 0 Å². The molecule has 2 N–H and O–H groups in total. The second-order valence-electron chi connectivity index (χ2n) is 4.17. The van der Waals surface area contributed by atoms with E-state index in [9.17, 15) is 0 Å². The molecule has 0 radical (unpaired) electrons. The van der Waals surface area contributed by atoms with Crippen molar-refractivity contribution in [3.8, 4) is 0 Å². The van der Waals surface area contributed by atoms with Crippen LogP contribution >= 0.6 is 24.8 Å². The number of fused-ring (bicyclic) bond motifs is 1. The van der Waals surface area contributed by atoms with Crippen LogP contribution in [-0.2, 0) is 0 Å². The molecule has 94 valence electrons. The maximum atomic E-state index is 4.33. The van der Waals surface area contributed by atoms with Gasteiger partial charge in [0.25, 0.3) is 0 Å². The molecule has 0 spiro atoms. The molecule has 1 aliphatic rings. The molecule has 2 aromatic heterocycles. The Labute approximate surface area is 113 Å². The Kier molecular flexibility index (Phi) is 5.25. The van der Waals surface area contributed by atoms with Crippen molar-refractivity contribution >= 4 is 35.8 Å². The maximum Gasteiger partial charge on any atom is 0.137 e. The number of pyridine rings is 1. The van der Waals surface area contributed by atoms with Crippen LogP contribution in [0.5, 0.6) is 0 Å². The van der Waals surface area contributed by atoms with E-state index in [0.29, 0.717) is 5.92 Å². The van der Waals surface area contributed by atoms with Crippen LogP contribution in [0.3, 0.4) is 0 Å². The van der Waals surface area contributed by atoms with E-state index < -0.39 is 0 Å². The minimum absolute atomic E-state index is 0. The van der Waals surface area contributed by atoms with Gasteiger partial charge in [0.05, 0.1) is 0 Å². The van der Waals surface area contributed by atoms with E-state index in [1.54, 1.807) is 0 Å². The smallest absolute Gasteiger partial charge is 0.137 e. The summed E-state index contributed by atoms with van der Waals surface area (Å²) in [6.45, 7) is 2.27. The maximum absolute atomic E-state index is 4.33. The number of aromatic nitrogens is 2. The molecule has 3 nitrogen and oxygen atoms in total. The zero-order chi connectivity index (χ0) is 10.1. The van der Waals surface area contributed by atoms with Crippen molar-refractivity contribution in [3.05, 3.63) is 30.1 Å². The Morgan fingerprint density at radius 1 is 1.18 bits per heavy atom. The van der Waals surface area contributed by atoms with Gasteiger partial charge in [0.1, 0.15) is 5.65 Å². The van der Waals surface area contributed by atoms with Gasteiger partial charge in [0, 0.05) is 17.8 Å². The molecule has 3 rings (SSSR count). The molecule has 1 saturated heterocycles. The molecule has 0 bridgehead atoms. The summed E-state index contributed by atoms with van der Waals surface area (Å²) in [6.07, 6.45) is 6.45. The summed E-state index contributed by atoms with van der Waals surface area (Å²) in [5.74, 6) is 0.698. The van der Waals surface area contributed by atoms with Crippen molar-refractivity contribution in [2.75, 3.05) is 13.1 Å². The number of hydrogen-bond acceptors (Lipinski definition) is 2. The van der Waals surface area contributed by atoms with Gasteiger partial charge in [-0.05, 0) is 49.5 Å². The average Bonchev–Trinajstić information content (AvgIpc) is 2.74. The monoisotopic (exact) mass is 273 g/mol. The van der Waals surface area contributed by atoms with Crippen molar-refractivity contribution in [1.29, 1.82) is 0 Å². The molecule has 1 aliphatic heterocycles. The molecular weight excluding hydrogens is 257 g/mol. The second-order valence-corrected chi connectivity index (χ2v) is 4.17. The highest BCUT2D eigenvalue weighted by atomic mass is 35.5. The van der Waals surface area contributed by atoms with Crippen LogP contribution in [0.25, 0.3) is 11.0 Å². The van der Waals surface area contributed by atoms with E-state index in [4.69, 9.17) is 0 Å². The molecule has 3 heterocycles. The Morgan fingerprint density at radius 2 is 1.94 bits per heavy atom. The van der Waals surface area contributed by atoms with E-state index in [-0.39, 0.29) is 24.8 Å². The SMILES string of the molecule is Cl.Cl.c1cnc2[nH]cc(C3CCNCC3)c2c1. The van der Waals surface area contributed by atoms with Crippen LogP contribution in [0.4, 0.5) is 0 Å². The first kappa shape index (κ1) is 14.3. The molecule has 0 saturated carbocycles. The van der Waals surface area contributed by atoms with Crippen LogP contribution < -0.4 is 5.32 Å². The number of rotatable bonds is 1. The first-order chi connectivity index (χ1) is 7.45. The number of nitrogens with one attached hydrogen (secondary N) is 2. The third kappa shape index (κ3) is 2.73. The number of piperidine rings is 1. The predicted molar refractivity (Wildman–Crippen MR) is 75.4 cm³/mol. The van der Waals surface area contributed by atoms with Crippen LogP contribution in [0.15, 0.2) is 24.5 Å². The summed E-state index contributed by atoms with van der Waals surface area (Å²) in [7, 11) is 0. The molecule has 0 aliphatic carbocycles. The predicted octanol–water partition coefficient (Wildman–Crippen LogP) is 2.87. The van der Waals surface area contributed by atoms with Crippen molar-refractivity contribution in [1.82, 2.24) is 15.3 Å². The lowest BCUT2D eigenvalue weighted by Crippen LogP contribution is -2.26. The van der Waals surface area contributed by atoms with E-state index in [1.165, 1.54) is 23.8 Å². The number of nitrogens with zero attached hydrogens (tertiary/aromatic N) is 1. The highest BCUT2D eigenvalue weighted by Crippen LogP contribution is 2.30. The average molecular weight is 274 g/mol. The number of hydrogen-bond donors (Lipinski definition) is 2. The largest absolute Gasteiger partial charge is 0.346 e. The molecule has 5 heteroatoms. The summed E-state index contributed by atoms with van der Waals surface area (Å²) in [6, 6.07) is 4.18. The van der Waals surface area contributed by atoms with Crippen molar-refractivity contribution in [2.45, 2.75) is 18.8 Å². The van der Waals surface area contributed by atoms with Gasteiger partial charge in [0.15, 0.2) is 0 Å². The molecule has 2 aromatic rings. The third-order valence-electron chi connectivity index (χ3n) is 3.26. The van der Waals surface area contributed by atoms with Crippen LogP contribution in [0.2, 0.25) is 0 Å². The molecule has 0 amide bonds. The summed E-state index contributed by atoms with van der Waals surface area (Å²) in [5.41, 5.74) is 2.46. The van der Waals surface area contributed by atoms with Gasteiger partial charge >= 0.3 is 0 Å². The minimum Gasteiger partial charge on any atom is -0.346 e. The normalized spacial score (nSPS) is 16.2. The van der Waals surface area contributed by atoms with Crippen LogP contribution in [-0.4, -0.2) is 23.1 Å². The van der Waals surface area contributed by atoms with E-state index in [1.807, 2.05) is 12.3 Å². The number of halogens is 2. The van der Waals surface area contributed by atoms with Gasteiger partial charge in [-0.3, -0.25) is 0 Å². The zero-order valence-electron chi connectivity index (χ0n) is 9.48. The van der Waals surface area contributed by atoms with Crippen molar-refractivity contribution < 1.29 is 0 Å². The Hall–Kier alpha value is -0.770. The molecule has 17 heavy (non-hydrogen) atoms. The van der Waals surface area contributed by atoms with E-state index >= 15 is 0 Å². The Morgan fingerprint density at radius 3 is 2.71 bits per heavy atom. The van der Waals surface area contributed by atoms with Crippen molar-refractivity contribution in [3.63, 3.8) is 0 Å².